The van der Waals surface area contributed by atoms with Crippen LogP contribution in [0.3, 0.4) is 0 Å². The summed E-state index contributed by atoms with van der Waals surface area (Å²) in [5, 5.41) is 22.8. The zero-order valence-electron chi connectivity index (χ0n) is 11.4. The fourth-order valence-corrected chi connectivity index (χ4v) is 1.86. The smallest absolute Gasteiger partial charge is 0.275 e. The Kier molecular flexibility index (Phi) is 4.36. The first kappa shape index (κ1) is 14.3. The minimum atomic E-state index is -0.468. The summed E-state index contributed by atoms with van der Waals surface area (Å²) in [6.07, 6.45) is 0. The van der Waals surface area contributed by atoms with E-state index in [1.54, 1.807) is 24.3 Å². The van der Waals surface area contributed by atoms with E-state index in [1.165, 1.54) is 19.2 Å². The van der Waals surface area contributed by atoms with Crippen molar-refractivity contribution in [3.63, 3.8) is 0 Å². The van der Waals surface area contributed by atoms with Gasteiger partial charge in [-0.1, -0.05) is 12.1 Å². The van der Waals surface area contributed by atoms with Gasteiger partial charge in [0.05, 0.1) is 29.7 Å². The number of methoxy groups -OCH3 is 1. The van der Waals surface area contributed by atoms with E-state index in [1.807, 2.05) is 6.07 Å². The van der Waals surface area contributed by atoms with Gasteiger partial charge >= 0.3 is 0 Å². The summed E-state index contributed by atoms with van der Waals surface area (Å²) in [5.74, 6) is 0.414. The zero-order valence-corrected chi connectivity index (χ0v) is 11.4. The molecule has 0 aromatic heterocycles. The van der Waals surface area contributed by atoms with Gasteiger partial charge < -0.3 is 10.1 Å². The normalized spacial score (nSPS) is 9.71. The molecule has 0 radical (unpaired) electrons. The molecule has 0 spiro atoms. The van der Waals surface area contributed by atoms with Gasteiger partial charge in [0.1, 0.15) is 5.75 Å². The molecule has 0 aliphatic carbocycles. The van der Waals surface area contributed by atoms with Gasteiger partial charge in [-0.3, -0.25) is 10.1 Å². The Morgan fingerprint density at radius 1 is 1.33 bits per heavy atom. The maximum atomic E-state index is 10.9. The topological polar surface area (TPSA) is 88.2 Å². The van der Waals surface area contributed by atoms with Crippen molar-refractivity contribution in [3.8, 4) is 11.8 Å². The lowest BCUT2D eigenvalue weighted by atomic mass is 10.1. The molecule has 0 saturated carbocycles. The first-order chi connectivity index (χ1) is 10.1. The standard InChI is InChI=1S/C15H13N3O3/c1-21-15-7-13(6-14(8-15)18(19)20)17-10-12-4-2-3-11(5-12)9-16/h2-8,17H,10H2,1H3. The Bertz CT molecular complexity index is 708. The van der Waals surface area contributed by atoms with Crippen molar-refractivity contribution in [2.45, 2.75) is 6.54 Å². The predicted octanol–water partition coefficient (Wildman–Crippen LogP) is 3.09. The summed E-state index contributed by atoms with van der Waals surface area (Å²) in [6.45, 7) is 0.458. The van der Waals surface area contributed by atoms with E-state index in [0.29, 0.717) is 23.5 Å². The monoisotopic (exact) mass is 283 g/mol. The Morgan fingerprint density at radius 3 is 2.81 bits per heavy atom. The van der Waals surface area contributed by atoms with Crippen molar-refractivity contribution in [2.75, 3.05) is 12.4 Å². The van der Waals surface area contributed by atoms with E-state index in [0.717, 1.165) is 5.56 Å². The maximum absolute atomic E-state index is 10.9. The third-order valence-corrected chi connectivity index (χ3v) is 2.89. The second-order valence-electron chi connectivity index (χ2n) is 4.34. The summed E-state index contributed by atoms with van der Waals surface area (Å²) in [7, 11) is 1.46. The highest BCUT2D eigenvalue weighted by Gasteiger charge is 2.10. The summed E-state index contributed by atoms with van der Waals surface area (Å²) in [5.41, 5.74) is 2.04. The molecule has 106 valence electrons. The molecule has 0 unspecified atom stereocenters. The van der Waals surface area contributed by atoms with Gasteiger partial charge in [0.2, 0.25) is 0 Å². The second-order valence-corrected chi connectivity index (χ2v) is 4.34. The van der Waals surface area contributed by atoms with E-state index in [9.17, 15) is 10.1 Å². The molecule has 0 saturated heterocycles. The van der Waals surface area contributed by atoms with E-state index < -0.39 is 4.92 Å². The largest absolute Gasteiger partial charge is 0.496 e. The number of nitro benzene ring substituents is 1. The number of nitro groups is 1. The van der Waals surface area contributed by atoms with Gasteiger partial charge in [-0.05, 0) is 17.7 Å². The lowest BCUT2D eigenvalue weighted by Gasteiger charge is -2.08. The van der Waals surface area contributed by atoms with Crippen LogP contribution in [-0.2, 0) is 6.54 Å². The van der Waals surface area contributed by atoms with Gasteiger partial charge in [0, 0.05) is 24.4 Å². The number of rotatable bonds is 5. The molecule has 2 aromatic carbocycles. The highest BCUT2D eigenvalue weighted by Crippen LogP contribution is 2.26. The van der Waals surface area contributed by atoms with Crippen molar-refractivity contribution in [2.24, 2.45) is 0 Å². The molecule has 0 amide bonds. The average Bonchev–Trinajstić information content (AvgIpc) is 2.52. The molecule has 6 nitrogen and oxygen atoms in total. The summed E-state index contributed by atoms with van der Waals surface area (Å²) in [6, 6.07) is 13.7. The molecule has 6 heteroatoms. The van der Waals surface area contributed by atoms with Crippen LogP contribution in [0.1, 0.15) is 11.1 Å². The molecular weight excluding hydrogens is 270 g/mol. The van der Waals surface area contributed by atoms with E-state index in [2.05, 4.69) is 11.4 Å². The van der Waals surface area contributed by atoms with Gasteiger partial charge in [0.15, 0.2) is 0 Å². The van der Waals surface area contributed by atoms with Crippen molar-refractivity contribution in [1.29, 1.82) is 5.26 Å². The maximum Gasteiger partial charge on any atom is 0.275 e. The van der Waals surface area contributed by atoms with Crippen LogP contribution >= 0.6 is 0 Å². The fraction of sp³-hybridized carbons (Fsp3) is 0.133. The molecule has 2 aromatic rings. The molecule has 2 rings (SSSR count). The van der Waals surface area contributed by atoms with Gasteiger partial charge in [-0.2, -0.15) is 5.26 Å². The number of hydrogen-bond donors (Lipinski definition) is 1. The molecule has 0 bridgehead atoms. The number of anilines is 1. The molecule has 0 aliphatic rings. The van der Waals surface area contributed by atoms with Crippen LogP contribution in [0.4, 0.5) is 11.4 Å². The Hall–Kier alpha value is -3.07. The van der Waals surface area contributed by atoms with Gasteiger partial charge in [-0.15, -0.1) is 0 Å². The number of nitriles is 1. The number of hydrogen-bond acceptors (Lipinski definition) is 5. The van der Waals surface area contributed by atoms with Gasteiger partial charge in [-0.25, -0.2) is 0 Å². The van der Waals surface area contributed by atoms with Crippen LogP contribution in [-0.4, -0.2) is 12.0 Å². The Morgan fingerprint density at radius 2 is 2.14 bits per heavy atom. The zero-order chi connectivity index (χ0) is 15.2. The number of nitrogens with one attached hydrogen (secondary N) is 1. The molecule has 0 aliphatic heterocycles. The lowest BCUT2D eigenvalue weighted by molar-refractivity contribution is -0.384. The molecule has 0 atom stereocenters. The van der Waals surface area contributed by atoms with Crippen LogP contribution in [0, 0.1) is 21.4 Å². The number of nitrogens with zero attached hydrogens (tertiary/aromatic N) is 2. The molecule has 21 heavy (non-hydrogen) atoms. The van der Waals surface area contributed by atoms with E-state index in [4.69, 9.17) is 10.00 Å². The number of ether oxygens (including phenoxy) is 1. The minimum absolute atomic E-state index is 0.0392. The Balaban J connectivity index is 2.17. The minimum Gasteiger partial charge on any atom is -0.496 e. The lowest BCUT2D eigenvalue weighted by Crippen LogP contribution is -2.01. The molecule has 0 fully saturated rings. The molecular formula is C15H13N3O3. The highest BCUT2D eigenvalue weighted by atomic mass is 16.6. The van der Waals surface area contributed by atoms with Crippen LogP contribution in [0.2, 0.25) is 0 Å². The first-order valence-electron chi connectivity index (χ1n) is 6.19. The van der Waals surface area contributed by atoms with E-state index in [-0.39, 0.29) is 5.69 Å². The van der Waals surface area contributed by atoms with Gasteiger partial charge in [0.25, 0.3) is 5.69 Å². The van der Waals surface area contributed by atoms with Crippen LogP contribution in [0.25, 0.3) is 0 Å². The number of benzene rings is 2. The van der Waals surface area contributed by atoms with Crippen LogP contribution < -0.4 is 10.1 Å². The second kappa shape index (κ2) is 6.39. The Labute approximate surface area is 121 Å². The van der Waals surface area contributed by atoms with Crippen LogP contribution in [0.15, 0.2) is 42.5 Å². The van der Waals surface area contributed by atoms with Crippen LogP contribution in [0.5, 0.6) is 5.75 Å². The van der Waals surface area contributed by atoms with Crippen molar-refractivity contribution in [1.82, 2.24) is 0 Å². The average molecular weight is 283 g/mol. The third kappa shape index (κ3) is 3.70. The van der Waals surface area contributed by atoms with Crippen molar-refractivity contribution >= 4 is 11.4 Å². The predicted molar refractivity (Wildman–Crippen MR) is 78.1 cm³/mol. The van der Waals surface area contributed by atoms with Crippen molar-refractivity contribution in [3.05, 3.63) is 63.7 Å². The highest BCUT2D eigenvalue weighted by molar-refractivity contribution is 5.56. The quantitative estimate of drug-likeness (QED) is 0.673. The summed E-state index contributed by atoms with van der Waals surface area (Å²) < 4.78 is 5.05. The third-order valence-electron chi connectivity index (χ3n) is 2.89. The van der Waals surface area contributed by atoms with Crippen molar-refractivity contribution < 1.29 is 9.66 Å². The summed E-state index contributed by atoms with van der Waals surface area (Å²) >= 11 is 0. The molecule has 1 N–H and O–H groups in total. The SMILES string of the molecule is COc1cc(NCc2cccc(C#N)c2)cc([N+](=O)[O-])c1. The number of non-ortho nitro benzene ring substituents is 1. The summed E-state index contributed by atoms with van der Waals surface area (Å²) in [4.78, 5) is 10.4. The van der Waals surface area contributed by atoms with E-state index >= 15 is 0 Å². The fourth-order valence-electron chi connectivity index (χ4n) is 1.86. The first-order valence-corrected chi connectivity index (χ1v) is 6.19. The molecule has 0 heterocycles.